The van der Waals surface area contributed by atoms with E-state index < -0.39 is 47.2 Å². The lowest BCUT2D eigenvalue weighted by atomic mass is 9.89. The van der Waals surface area contributed by atoms with Crippen LogP contribution in [0.4, 0.5) is 25.8 Å². The predicted molar refractivity (Wildman–Crippen MR) is 237 cm³/mol. The van der Waals surface area contributed by atoms with Crippen molar-refractivity contribution in [3.05, 3.63) is 123 Å². The van der Waals surface area contributed by atoms with Gasteiger partial charge in [-0.2, -0.15) is 0 Å². The number of hydrogen-bond acceptors (Lipinski definition) is 11. The molecule has 4 aliphatic heterocycles. The van der Waals surface area contributed by atoms with E-state index in [1.807, 2.05) is 17.0 Å². The number of nitrogens with one attached hydrogen (secondary N) is 5. The number of halogens is 2. The molecule has 4 heterocycles. The number of piperidine rings is 2. The van der Waals surface area contributed by atoms with E-state index in [0.29, 0.717) is 66.8 Å². The number of nitrogen functional groups attached to an aromatic ring is 1. The summed E-state index contributed by atoms with van der Waals surface area (Å²) in [7, 11) is 0. The first-order valence-corrected chi connectivity index (χ1v) is 21.9. The molecule has 1 unspecified atom stereocenters. The molecule has 15 nitrogen and oxygen atoms in total. The fraction of sp³-hybridized carbons (Fsp3) is 0.354. The number of benzene rings is 4. The van der Waals surface area contributed by atoms with Gasteiger partial charge in [0.1, 0.15) is 23.5 Å². The number of likely N-dealkylation sites (tertiary alicyclic amines) is 1. The van der Waals surface area contributed by atoms with Gasteiger partial charge in [0.05, 0.1) is 16.7 Å². The number of fused-ring (bicyclic) bond motifs is 1. The molecular formula is C48H50F2N8O7. The first-order valence-electron chi connectivity index (χ1n) is 21.9. The number of carbonyl (C=O) groups is 6. The number of imide groups is 2. The molecule has 17 heteroatoms. The van der Waals surface area contributed by atoms with Crippen molar-refractivity contribution < 1.29 is 42.3 Å². The Morgan fingerprint density at radius 3 is 2.26 bits per heavy atom. The standard InChI is InChI=1S/C48H50F2N8O7/c49-31-21-30(22-32(50)25-31)20-28-2-6-39(51)38(23-28)44(52)56-45(61)36-4-1-29(24-40(36)54-33-12-17-65-18-13-33)19-27-10-15-57(16-11-27)43(60)9-14-53-34-3-5-35-37(26-34)48(64)58(47(35)63)41-7-8-42(59)55-46(41)62/h1-6,21-27,33,41,53-54H,7-20,51H2,(H2,52,56,61)(H,55,59,62). The normalized spacial score (nSPS) is 18.0. The molecule has 7 N–H and O–H groups in total. The van der Waals surface area contributed by atoms with Crippen LogP contribution in [-0.4, -0.2) is 96.0 Å². The number of nitrogens with two attached hydrogens (primary N) is 1. The van der Waals surface area contributed by atoms with E-state index in [-0.39, 0.29) is 65.8 Å². The number of nitrogens with zero attached hydrogens (tertiary/aromatic N) is 2. The van der Waals surface area contributed by atoms with Crippen molar-refractivity contribution in [1.82, 2.24) is 20.4 Å². The summed E-state index contributed by atoms with van der Waals surface area (Å²) in [6.45, 7) is 2.68. The first-order chi connectivity index (χ1) is 31.3. The highest BCUT2D eigenvalue weighted by Crippen LogP contribution is 2.31. The van der Waals surface area contributed by atoms with E-state index in [0.717, 1.165) is 48.6 Å². The van der Waals surface area contributed by atoms with Gasteiger partial charge in [0.25, 0.3) is 17.7 Å². The SMILES string of the molecule is N=C(NC(=O)c1ccc(CC2CCN(C(=O)CCNc3ccc4c(c3)C(=O)N(C3CCC(=O)NC3=O)C4=O)CC2)cc1NC1CCOCC1)c1cc(Cc2cc(F)cc(F)c2)ccc1N. The van der Waals surface area contributed by atoms with Crippen molar-refractivity contribution in [2.24, 2.45) is 5.92 Å². The molecule has 6 amide bonds. The monoisotopic (exact) mass is 888 g/mol. The van der Waals surface area contributed by atoms with Crippen LogP contribution < -0.4 is 27.0 Å². The summed E-state index contributed by atoms with van der Waals surface area (Å²) >= 11 is 0. The van der Waals surface area contributed by atoms with Crippen molar-refractivity contribution in [2.45, 2.75) is 69.9 Å². The second-order valence-corrected chi connectivity index (χ2v) is 17.0. The number of anilines is 3. The maximum Gasteiger partial charge on any atom is 0.262 e. The van der Waals surface area contributed by atoms with Crippen molar-refractivity contribution in [1.29, 1.82) is 5.41 Å². The van der Waals surface area contributed by atoms with Crippen molar-refractivity contribution in [3.63, 3.8) is 0 Å². The lowest BCUT2D eigenvalue weighted by molar-refractivity contribution is -0.136. The van der Waals surface area contributed by atoms with Gasteiger partial charge in [0.2, 0.25) is 17.7 Å². The molecule has 0 aliphatic carbocycles. The van der Waals surface area contributed by atoms with Crippen molar-refractivity contribution >= 4 is 58.3 Å². The Labute approximate surface area is 373 Å². The van der Waals surface area contributed by atoms with Crippen LogP contribution in [0, 0.1) is 23.0 Å². The molecular weight excluding hydrogens is 839 g/mol. The van der Waals surface area contributed by atoms with Gasteiger partial charge in [-0.05, 0) is 122 Å². The lowest BCUT2D eigenvalue weighted by Crippen LogP contribution is -2.54. The average Bonchev–Trinajstić information content (AvgIpc) is 3.52. The predicted octanol–water partition coefficient (Wildman–Crippen LogP) is 5.17. The smallest absolute Gasteiger partial charge is 0.262 e. The van der Waals surface area contributed by atoms with Crippen molar-refractivity contribution in [3.8, 4) is 0 Å². The Morgan fingerprint density at radius 1 is 0.800 bits per heavy atom. The fourth-order valence-corrected chi connectivity index (χ4v) is 9.00. The topological polar surface area (TPSA) is 216 Å². The van der Waals surface area contributed by atoms with Gasteiger partial charge in [-0.25, -0.2) is 8.78 Å². The van der Waals surface area contributed by atoms with Crippen LogP contribution in [0.1, 0.15) is 98.3 Å². The molecule has 4 aromatic carbocycles. The molecule has 338 valence electrons. The summed E-state index contributed by atoms with van der Waals surface area (Å²) in [6, 6.07) is 17.7. The molecule has 3 fully saturated rings. The maximum absolute atomic E-state index is 13.8. The number of rotatable bonds is 13. The van der Waals surface area contributed by atoms with Crippen LogP contribution in [0.5, 0.6) is 0 Å². The van der Waals surface area contributed by atoms with Gasteiger partial charge >= 0.3 is 0 Å². The Morgan fingerprint density at radius 2 is 1.52 bits per heavy atom. The third-order valence-electron chi connectivity index (χ3n) is 12.5. The third-order valence-corrected chi connectivity index (χ3v) is 12.5. The van der Waals surface area contributed by atoms with E-state index >= 15 is 0 Å². The zero-order valence-corrected chi connectivity index (χ0v) is 35.6. The fourth-order valence-electron chi connectivity index (χ4n) is 9.00. The molecule has 4 aliphatic rings. The van der Waals surface area contributed by atoms with E-state index in [1.165, 1.54) is 18.2 Å². The van der Waals surface area contributed by atoms with Crippen LogP contribution in [0.25, 0.3) is 0 Å². The van der Waals surface area contributed by atoms with Crippen LogP contribution in [0.3, 0.4) is 0 Å². The van der Waals surface area contributed by atoms with Crippen LogP contribution >= 0.6 is 0 Å². The second kappa shape index (κ2) is 19.4. The molecule has 0 bridgehead atoms. The summed E-state index contributed by atoms with van der Waals surface area (Å²) < 4.78 is 33.2. The van der Waals surface area contributed by atoms with E-state index in [2.05, 4.69) is 21.3 Å². The van der Waals surface area contributed by atoms with Gasteiger partial charge in [0.15, 0.2) is 0 Å². The minimum absolute atomic E-state index is 0.00765. The number of ether oxygens (including phenoxy) is 1. The summed E-state index contributed by atoms with van der Waals surface area (Å²) in [5, 5.41) is 20.4. The van der Waals surface area contributed by atoms with Gasteiger partial charge in [-0.15, -0.1) is 0 Å². The summed E-state index contributed by atoms with van der Waals surface area (Å²) in [4.78, 5) is 80.1. The Hall–Kier alpha value is -7.01. The van der Waals surface area contributed by atoms with E-state index in [9.17, 15) is 37.5 Å². The number of carbonyl (C=O) groups excluding carboxylic acids is 6. The third kappa shape index (κ3) is 10.4. The molecule has 3 saturated heterocycles. The molecule has 4 aromatic rings. The minimum atomic E-state index is -1.05. The molecule has 0 radical (unpaired) electrons. The van der Waals surface area contributed by atoms with E-state index in [1.54, 1.807) is 36.4 Å². The number of amides is 6. The van der Waals surface area contributed by atoms with Gasteiger partial charge in [-0.1, -0.05) is 12.1 Å². The Bertz CT molecular complexity index is 2550. The molecule has 0 aromatic heterocycles. The highest BCUT2D eigenvalue weighted by molar-refractivity contribution is 6.23. The summed E-state index contributed by atoms with van der Waals surface area (Å²) in [5.41, 5.74) is 10.8. The van der Waals surface area contributed by atoms with Gasteiger partial charge in [0, 0.05) is 80.4 Å². The van der Waals surface area contributed by atoms with Crippen LogP contribution in [-0.2, 0) is 32.0 Å². The van der Waals surface area contributed by atoms with Gasteiger partial charge < -0.3 is 31.3 Å². The number of hydrogen-bond donors (Lipinski definition) is 6. The second-order valence-electron chi connectivity index (χ2n) is 17.0. The van der Waals surface area contributed by atoms with Gasteiger partial charge in [-0.3, -0.25) is 44.4 Å². The first kappa shape index (κ1) is 44.6. The Balaban J connectivity index is 0.848. The highest BCUT2D eigenvalue weighted by Gasteiger charge is 2.44. The maximum atomic E-state index is 13.8. The average molecular weight is 889 g/mol. The number of amidine groups is 1. The zero-order chi connectivity index (χ0) is 45.8. The molecule has 8 rings (SSSR count). The quantitative estimate of drug-likeness (QED) is 0.0448. The van der Waals surface area contributed by atoms with Crippen LogP contribution in [0.2, 0.25) is 0 Å². The summed E-state index contributed by atoms with van der Waals surface area (Å²) in [6.07, 6.45) is 4.37. The Kier molecular flexibility index (Phi) is 13.3. The van der Waals surface area contributed by atoms with Crippen molar-refractivity contribution in [2.75, 3.05) is 49.2 Å². The highest BCUT2D eigenvalue weighted by atomic mass is 19.1. The summed E-state index contributed by atoms with van der Waals surface area (Å²) in [5.74, 6) is -4.08. The lowest BCUT2D eigenvalue weighted by Gasteiger charge is -2.32. The van der Waals surface area contributed by atoms with Crippen LogP contribution in [0.15, 0.2) is 72.8 Å². The van der Waals surface area contributed by atoms with E-state index in [4.69, 9.17) is 15.9 Å². The molecule has 65 heavy (non-hydrogen) atoms. The molecule has 0 saturated carbocycles. The molecule has 1 atom stereocenters. The minimum Gasteiger partial charge on any atom is -0.398 e. The largest absolute Gasteiger partial charge is 0.398 e. The molecule has 0 spiro atoms. The zero-order valence-electron chi connectivity index (χ0n) is 35.6.